The quantitative estimate of drug-likeness (QED) is 0.638. The molecule has 2 rings (SSSR count). The van der Waals surface area contributed by atoms with Crippen molar-refractivity contribution in [2.24, 2.45) is 0 Å². The van der Waals surface area contributed by atoms with Gasteiger partial charge >= 0.3 is 0 Å². The summed E-state index contributed by atoms with van der Waals surface area (Å²) in [6.45, 7) is 3.13. The Morgan fingerprint density at radius 1 is 1.06 bits per heavy atom. The Balaban J connectivity index is 1.98. The number of benzene rings is 1. The fraction of sp³-hybridized carbons (Fsp3) is 0.500. The molecule has 0 saturated heterocycles. The molecule has 0 radical (unpaired) electrons. The van der Waals surface area contributed by atoms with E-state index in [1.54, 1.807) is 0 Å². The van der Waals surface area contributed by atoms with E-state index in [1.807, 2.05) is 0 Å². The Kier molecular flexibility index (Phi) is 4.66. The van der Waals surface area contributed by atoms with E-state index in [2.05, 4.69) is 37.3 Å². The third-order valence-electron chi connectivity index (χ3n) is 3.34. The zero-order valence-corrected chi connectivity index (χ0v) is 10.7. The lowest BCUT2D eigenvalue weighted by atomic mass is 10.0. The fourth-order valence-corrected chi connectivity index (χ4v) is 2.37. The zero-order chi connectivity index (χ0) is 11.9. The predicted molar refractivity (Wildman–Crippen MR) is 72.7 cm³/mol. The summed E-state index contributed by atoms with van der Waals surface area (Å²) in [5, 5.41) is 0. The van der Waals surface area contributed by atoms with Crippen LogP contribution in [-0.4, -0.2) is 6.61 Å². The van der Waals surface area contributed by atoms with Crippen molar-refractivity contribution in [1.29, 1.82) is 0 Å². The molecule has 92 valence electrons. The van der Waals surface area contributed by atoms with Crippen LogP contribution in [0.15, 0.2) is 35.9 Å². The van der Waals surface area contributed by atoms with Crippen LogP contribution in [0.4, 0.5) is 0 Å². The molecule has 0 unspecified atom stereocenters. The summed E-state index contributed by atoms with van der Waals surface area (Å²) in [6.07, 6.45) is 7.65. The molecule has 1 heteroatoms. The first-order valence-corrected chi connectivity index (χ1v) is 6.82. The van der Waals surface area contributed by atoms with Gasteiger partial charge in [-0.1, -0.05) is 56.5 Å². The minimum absolute atomic E-state index is 0.868. The van der Waals surface area contributed by atoms with Crippen molar-refractivity contribution in [3.05, 3.63) is 41.5 Å². The Bertz CT molecular complexity index is 364. The minimum atomic E-state index is 0.868. The minimum Gasteiger partial charge on any atom is -0.493 e. The SMILES string of the molecule is CCCCCCC1=C(c2ccccc2)OCC1. The second-order valence-corrected chi connectivity index (χ2v) is 4.71. The molecule has 1 heterocycles. The average molecular weight is 230 g/mol. The lowest BCUT2D eigenvalue weighted by Gasteiger charge is -2.06. The van der Waals surface area contributed by atoms with Gasteiger partial charge in [-0.2, -0.15) is 0 Å². The van der Waals surface area contributed by atoms with Crippen LogP contribution >= 0.6 is 0 Å². The molecule has 0 aliphatic carbocycles. The molecular weight excluding hydrogens is 208 g/mol. The Labute approximate surface area is 104 Å². The molecule has 1 aliphatic heterocycles. The molecule has 17 heavy (non-hydrogen) atoms. The topological polar surface area (TPSA) is 9.23 Å². The van der Waals surface area contributed by atoms with Gasteiger partial charge in [0.2, 0.25) is 0 Å². The van der Waals surface area contributed by atoms with Crippen molar-refractivity contribution in [3.8, 4) is 0 Å². The van der Waals surface area contributed by atoms with Crippen LogP contribution in [0, 0.1) is 0 Å². The maximum atomic E-state index is 5.79. The van der Waals surface area contributed by atoms with Gasteiger partial charge in [-0.05, 0) is 18.4 Å². The van der Waals surface area contributed by atoms with Gasteiger partial charge in [0.15, 0.2) is 0 Å². The lowest BCUT2D eigenvalue weighted by Crippen LogP contribution is -1.87. The summed E-state index contributed by atoms with van der Waals surface area (Å²) in [5.41, 5.74) is 2.77. The molecule has 0 fully saturated rings. The number of ether oxygens (including phenoxy) is 1. The summed E-state index contributed by atoms with van der Waals surface area (Å²) in [6, 6.07) is 10.5. The van der Waals surface area contributed by atoms with Crippen LogP contribution in [0.25, 0.3) is 5.76 Å². The van der Waals surface area contributed by atoms with Crippen LogP contribution in [0.5, 0.6) is 0 Å². The van der Waals surface area contributed by atoms with E-state index in [4.69, 9.17) is 4.74 Å². The second kappa shape index (κ2) is 6.48. The Morgan fingerprint density at radius 3 is 2.65 bits per heavy atom. The van der Waals surface area contributed by atoms with Gasteiger partial charge in [0, 0.05) is 12.0 Å². The highest BCUT2D eigenvalue weighted by Gasteiger charge is 2.16. The largest absolute Gasteiger partial charge is 0.493 e. The van der Waals surface area contributed by atoms with Crippen molar-refractivity contribution in [3.63, 3.8) is 0 Å². The highest BCUT2D eigenvalue weighted by atomic mass is 16.5. The molecule has 0 aromatic heterocycles. The molecule has 0 bridgehead atoms. The van der Waals surface area contributed by atoms with Gasteiger partial charge in [0.25, 0.3) is 0 Å². The second-order valence-electron chi connectivity index (χ2n) is 4.71. The van der Waals surface area contributed by atoms with Crippen LogP contribution in [0.1, 0.15) is 51.0 Å². The average Bonchev–Trinajstić information content (AvgIpc) is 2.84. The summed E-state index contributed by atoms with van der Waals surface area (Å²) in [5.74, 6) is 1.15. The smallest absolute Gasteiger partial charge is 0.125 e. The van der Waals surface area contributed by atoms with E-state index in [9.17, 15) is 0 Å². The van der Waals surface area contributed by atoms with Crippen molar-refractivity contribution in [2.75, 3.05) is 6.61 Å². The number of hydrogen-bond donors (Lipinski definition) is 0. The van der Waals surface area contributed by atoms with Gasteiger partial charge in [-0.25, -0.2) is 0 Å². The molecule has 0 saturated carbocycles. The lowest BCUT2D eigenvalue weighted by molar-refractivity contribution is 0.307. The molecule has 1 aromatic carbocycles. The Hall–Kier alpha value is -1.24. The third-order valence-corrected chi connectivity index (χ3v) is 3.34. The molecular formula is C16H22O. The van der Waals surface area contributed by atoms with E-state index < -0.39 is 0 Å². The van der Waals surface area contributed by atoms with Crippen molar-refractivity contribution < 1.29 is 4.74 Å². The van der Waals surface area contributed by atoms with E-state index in [-0.39, 0.29) is 0 Å². The standard InChI is InChI=1S/C16H22O/c1-2-3-4-6-11-15-12-13-17-16(15)14-9-7-5-8-10-14/h5,7-10H,2-4,6,11-13H2,1H3. The summed E-state index contributed by atoms with van der Waals surface area (Å²) in [7, 11) is 0. The molecule has 0 spiro atoms. The van der Waals surface area contributed by atoms with Crippen LogP contribution < -0.4 is 0 Å². The number of rotatable bonds is 6. The molecule has 1 aromatic rings. The predicted octanol–water partition coefficient (Wildman–Crippen LogP) is 4.79. The van der Waals surface area contributed by atoms with E-state index in [0.717, 1.165) is 18.8 Å². The summed E-state index contributed by atoms with van der Waals surface area (Å²) >= 11 is 0. The summed E-state index contributed by atoms with van der Waals surface area (Å²) in [4.78, 5) is 0. The Morgan fingerprint density at radius 2 is 1.88 bits per heavy atom. The van der Waals surface area contributed by atoms with E-state index in [0.29, 0.717) is 0 Å². The van der Waals surface area contributed by atoms with Gasteiger partial charge < -0.3 is 4.74 Å². The molecule has 1 nitrogen and oxygen atoms in total. The maximum absolute atomic E-state index is 5.79. The highest BCUT2D eigenvalue weighted by molar-refractivity contribution is 5.64. The van der Waals surface area contributed by atoms with Crippen LogP contribution in [-0.2, 0) is 4.74 Å². The molecule has 0 atom stereocenters. The molecule has 0 amide bonds. The fourth-order valence-electron chi connectivity index (χ4n) is 2.37. The highest BCUT2D eigenvalue weighted by Crippen LogP contribution is 2.31. The van der Waals surface area contributed by atoms with Gasteiger partial charge in [-0.3, -0.25) is 0 Å². The van der Waals surface area contributed by atoms with Crippen LogP contribution in [0.2, 0.25) is 0 Å². The number of unbranched alkanes of at least 4 members (excludes halogenated alkanes) is 3. The van der Waals surface area contributed by atoms with Gasteiger partial charge in [-0.15, -0.1) is 0 Å². The normalized spacial score (nSPS) is 15.1. The van der Waals surface area contributed by atoms with Gasteiger partial charge in [0.05, 0.1) is 6.61 Å². The summed E-state index contributed by atoms with van der Waals surface area (Å²) < 4.78 is 5.79. The first kappa shape index (κ1) is 12.2. The maximum Gasteiger partial charge on any atom is 0.125 e. The van der Waals surface area contributed by atoms with E-state index in [1.165, 1.54) is 43.2 Å². The number of hydrogen-bond acceptors (Lipinski definition) is 1. The third kappa shape index (κ3) is 3.36. The van der Waals surface area contributed by atoms with Crippen molar-refractivity contribution in [2.45, 2.75) is 45.4 Å². The molecule has 1 aliphatic rings. The van der Waals surface area contributed by atoms with E-state index >= 15 is 0 Å². The first-order chi connectivity index (χ1) is 8.42. The first-order valence-electron chi connectivity index (χ1n) is 6.82. The zero-order valence-electron chi connectivity index (χ0n) is 10.7. The monoisotopic (exact) mass is 230 g/mol. The van der Waals surface area contributed by atoms with Crippen molar-refractivity contribution in [1.82, 2.24) is 0 Å². The van der Waals surface area contributed by atoms with Crippen molar-refractivity contribution >= 4 is 5.76 Å². The van der Waals surface area contributed by atoms with Gasteiger partial charge in [0.1, 0.15) is 5.76 Å². The molecule has 0 N–H and O–H groups in total. The van der Waals surface area contributed by atoms with Crippen LogP contribution in [0.3, 0.4) is 0 Å².